The van der Waals surface area contributed by atoms with Crippen LogP contribution in [0.15, 0.2) is 47.4 Å². The average Bonchev–Trinajstić information content (AvgIpc) is 2.58. The van der Waals surface area contributed by atoms with Crippen molar-refractivity contribution in [3.63, 3.8) is 0 Å². The van der Waals surface area contributed by atoms with Crippen LogP contribution in [0.5, 0.6) is 5.75 Å². The Hall–Kier alpha value is -2.37. The second kappa shape index (κ2) is 8.11. The van der Waals surface area contributed by atoms with Crippen LogP contribution in [0.1, 0.15) is 5.56 Å². The molecule has 0 aliphatic heterocycles. The molecule has 0 saturated heterocycles. The number of sulfonamides is 1. The monoisotopic (exact) mass is 424 g/mol. The molecule has 7 nitrogen and oxygen atoms in total. The number of hydrogen-bond donors (Lipinski definition) is 1. The van der Waals surface area contributed by atoms with E-state index in [2.05, 4.69) is 4.72 Å². The first-order chi connectivity index (χ1) is 12.5. The highest BCUT2D eigenvalue weighted by Gasteiger charge is 2.30. The number of nitrogens with zero attached hydrogens (tertiary/aromatic N) is 1. The summed E-state index contributed by atoms with van der Waals surface area (Å²) in [5, 5.41) is 10.5. The number of ether oxygens (including phenoxy) is 1. The highest BCUT2D eigenvalue weighted by atomic mass is 35.5. The van der Waals surface area contributed by atoms with E-state index in [1.165, 1.54) is 6.07 Å². The number of nitro benzene ring substituents is 1. The van der Waals surface area contributed by atoms with Crippen LogP contribution in [0, 0.1) is 10.1 Å². The van der Waals surface area contributed by atoms with Gasteiger partial charge in [-0.25, -0.2) is 13.1 Å². The molecule has 0 heterocycles. The summed E-state index contributed by atoms with van der Waals surface area (Å²) in [6, 6.07) is 7.04. The molecule has 0 atom stereocenters. The summed E-state index contributed by atoms with van der Waals surface area (Å²) in [7, 11) is -4.18. The van der Waals surface area contributed by atoms with Gasteiger partial charge in [-0.3, -0.25) is 10.1 Å². The summed E-state index contributed by atoms with van der Waals surface area (Å²) in [6.45, 7) is -0.565. The summed E-state index contributed by atoms with van der Waals surface area (Å²) < 4.78 is 69.5. The molecule has 1 N–H and O–H groups in total. The van der Waals surface area contributed by atoms with Crippen molar-refractivity contribution in [2.75, 3.05) is 13.2 Å². The largest absolute Gasteiger partial charge is 0.492 e. The Morgan fingerprint density at radius 3 is 2.52 bits per heavy atom. The molecule has 0 radical (unpaired) electrons. The number of halogens is 4. The Kier molecular flexibility index (Phi) is 6.29. The van der Waals surface area contributed by atoms with Crippen LogP contribution in [0.3, 0.4) is 0 Å². The zero-order chi connectivity index (χ0) is 20.2. The molecule has 2 aromatic carbocycles. The SMILES string of the molecule is O=[N+]([O-])c1ccc(Cl)c(S(=O)(=O)NCCOc2cccc(C(F)(F)F)c2)c1. The number of non-ortho nitro benzene ring substituents is 1. The summed E-state index contributed by atoms with van der Waals surface area (Å²) in [5.41, 5.74) is -1.36. The highest BCUT2D eigenvalue weighted by Crippen LogP contribution is 2.31. The van der Waals surface area contributed by atoms with Gasteiger partial charge in [0.15, 0.2) is 0 Å². The number of alkyl halides is 3. The van der Waals surface area contributed by atoms with E-state index < -0.39 is 37.3 Å². The maximum atomic E-state index is 12.6. The number of hydrogen-bond acceptors (Lipinski definition) is 5. The van der Waals surface area contributed by atoms with Crippen LogP contribution in [-0.2, 0) is 16.2 Å². The van der Waals surface area contributed by atoms with Gasteiger partial charge in [0.05, 0.1) is 15.5 Å². The van der Waals surface area contributed by atoms with Crippen LogP contribution in [-0.4, -0.2) is 26.5 Å². The van der Waals surface area contributed by atoms with Crippen LogP contribution in [0.4, 0.5) is 18.9 Å². The molecule has 0 bridgehead atoms. The molecule has 0 amide bonds. The van der Waals surface area contributed by atoms with Gasteiger partial charge in [-0.1, -0.05) is 17.7 Å². The Labute approximate surface area is 156 Å². The Balaban J connectivity index is 2.01. The summed E-state index contributed by atoms with van der Waals surface area (Å²) in [5.74, 6) is -0.0857. The number of benzene rings is 2. The van der Waals surface area contributed by atoms with Crippen LogP contribution in [0.25, 0.3) is 0 Å². The zero-order valence-electron chi connectivity index (χ0n) is 13.4. The molecule has 2 rings (SSSR count). The molecule has 0 saturated carbocycles. The minimum atomic E-state index is -4.53. The van der Waals surface area contributed by atoms with Gasteiger partial charge in [0.25, 0.3) is 5.69 Å². The fourth-order valence-corrected chi connectivity index (χ4v) is 3.53. The predicted molar refractivity (Wildman–Crippen MR) is 90.2 cm³/mol. The van der Waals surface area contributed by atoms with Crippen molar-refractivity contribution in [1.29, 1.82) is 0 Å². The highest BCUT2D eigenvalue weighted by molar-refractivity contribution is 7.89. The summed E-state index contributed by atoms with van der Waals surface area (Å²) >= 11 is 5.77. The minimum absolute atomic E-state index is 0.0857. The van der Waals surface area contributed by atoms with Gasteiger partial charge >= 0.3 is 6.18 Å². The maximum absolute atomic E-state index is 12.6. The van der Waals surface area contributed by atoms with Crippen molar-refractivity contribution in [3.8, 4) is 5.75 Å². The van der Waals surface area contributed by atoms with E-state index in [9.17, 15) is 31.7 Å². The van der Waals surface area contributed by atoms with Crippen molar-refractivity contribution in [1.82, 2.24) is 4.72 Å². The van der Waals surface area contributed by atoms with Crippen molar-refractivity contribution in [3.05, 3.63) is 63.2 Å². The third-order valence-electron chi connectivity index (χ3n) is 3.24. The quantitative estimate of drug-likeness (QED) is 0.416. The first-order valence-electron chi connectivity index (χ1n) is 7.24. The molecule has 0 aliphatic carbocycles. The van der Waals surface area contributed by atoms with E-state index in [0.29, 0.717) is 0 Å². The lowest BCUT2D eigenvalue weighted by molar-refractivity contribution is -0.385. The van der Waals surface area contributed by atoms with Gasteiger partial charge in [0.2, 0.25) is 10.0 Å². The Morgan fingerprint density at radius 2 is 1.89 bits per heavy atom. The first kappa shape index (κ1) is 20.9. The smallest absolute Gasteiger partial charge is 0.416 e. The second-order valence-corrected chi connectivity index (χ2v) is 7.29. The summed E-state index contributed by atoms with van der Waals surface area (Å²) in [6.07, 6.45) is -4.53. The molecule has 12 heteroatoms. The lowest BCUT2D eigenvalue weighted by atomic mass is 10.2. The molecule has 0 aliphatic rings. The zero-order valence-corrected chi connectivity index (χ0v) is 14.9. The fourth-order valence-electron chi connectivity index (χ4n) is 2.00. The van der Waals surface area contributed by atoms with Crippen LogP contribution >= 0.6 is 11.6 Å². The van der Waals surface area contributed by atoms with Gasteiger partial charge < -0.3 is 4.74 Å². The number of nitro groups is 1. The maximum Gasteiger partial charge on any atom is 0.416 e. The van der Waals surface area contributed by atoms with E-state index in [-0.39, 0.29) is 23.9 Å². The molecular weight excluding hydrogens is 413 g/mol. The molecule has 0 aromatic heterocycles. The lowest BCUT2D eigenvalue weighted by Gasteiger charge is -2.11. The fraction of sp³-hybridized carbons (Fsp3) is 0.200. The van der Waals surface area contributed by atoms with E-state index in [1.54, 1.807) is 0 Å². The lowest BCUT2D eigenvalue weighted by Crippen LogP contribution is -2.28. The molecule has 27 heavy (non-hydrogen) atoms. The molecule has 0 spiro atoms. The van der Waals surface area contributed by atoms with Gasteiger partial charge in [-0.05, 0) is 24.3 Å². The second-order valence-electron chi connectivity index (χ2n) is 5.14. The van der Waals surface area contributed by atoms with E-state index in [1.807, 2.05) is 0 Å². The Morgan fingerprint density at radius 1 is 1.19 bits per heavy atom. The van der Waals surface area contributed by atoms with Gasteiger partial charge in [0, 0.05) is 18.7 Å². The number of rotatable bonds is 7. The van der Waals surface area contributed by atoms with Crippen molar-refractivity contribution in [2.45, 2.75) is 11.1 Å². The van der Waals surface area contributed by atoms with E-state index in [0.717, 1.165) is 36.4 Å². The van der Waals surface area contributed by atoms with E-state index >= 15 is 0 Å². The third kappa shape index (κ3) is 5.55. The van der Waals surface area contributed by atoms with Crippen LogP contribution in [0.2, 0.25) is 5.02 Å². The normalized spacial score (nSPS) is 12.0. The molecule has 0 unspecified atom stereocenters. The van der Waals surface area contributed by atoms with Gasteiger partial charge in [0.1, 0.15) is 17.3 Å². The van der Waals surface area contributed by atoms with Gasteiger partial charge in [-0.2, -0.15) is 13.2 Å². The molecule has 146 valence electrons. The average molecular weight is 425 g/mol. The standard InChI is InChI=1S/C15H12ClF3N2O5S/c16-13-5-4-11(21(22)23)9-14(13)27(24,25)20-6-7-26-12-3-1-2-10(8-12)15(17,18)19/h1-5,8-9,20H,6-7H2. The van der Waals surface area contributed by atoms with Crippen molar-refractivity contribution >= 4 is 27.3 Å². The summed E-state index contributed by atoms with van der Waals surface area (Å²) in [4.78, 5) is 9.49. The predicted octanol–water partition coefficient (Wildman–Crippen LogP) is 3.62. The van der Waals surface area contributed by atoms with Crippen molar-refractivity contribution in [2.24, 2.45) is 0 Å². The topological polar surface area (TPSA) is 98.5 Å². The molecule has 0 fully saturated rings. The molecule has 2 aromatic rings. The Bertz CT molecular complexity index is 951. The van der Waals surface area contributed by atoms with Gasteiger partial charge in [-0.15, -0.1) is 0 Å². The van der Waals surface area contributed by atoms with Crippen molar-refractivity contribution < 1.29 is 31.2 Å². The third-order valence-corrected chi connectivity index (χ3v) is 5.18. The first-order valence-corrected chi connectivity index (χ1v) is 9.10. The minimum Gasteiger partial charge on any atom is -0.492 e. The molecular formula is C15H12ClF3N2O5S. The number of nitrogens with one attached hydrogen (secondary N) is 1. The van der Waals surface area contributed by atoms with E-state index in [4.69, 9.17) is 16.3 Å². The van der Waals surface area contributed by atoms with Crippen LogP contribution < -0.4 is 9.46 Å².